The van der Waals surface area contributed by atoms with E-state index in [0.29, 0.717) is 31.2 Å². The number of aliphatic hydroxyl groups excluding tert-OH is 1. The summed E-state index contributed by atoms with van der Waals surface area (Å²) < 4.78 is 11.1. The molecular formula is C22H26N2O7. The summed E-state index contributed by atoms with van der Waals surface area (Å²) in [5.74, 6) is -0.536. The summed E-state index contributed by atoms with van der Waals surface area (Å²) in [7, 11) is 1.48. The molecule has 0 aliphatic heterocycles. The van der Waals surface area contributed by atoms with E-state index in [1.54, 1.807) is 30.3 Å². The van der Waals surface area contributed by atoms with Crippen LogP contribution in [0.2, 0.25) is 0 Å². The Morgan fingerprint density at radius 1 is 1.10 bits per heavy atom. The molecule has 2 aromatic rings. The van der Waals surface area contributed by atoms with Gasteiger partial charge in [0.2, 0.25) is 0 Å². The molecule has 0 fully saturated rings. The number of hydrogen-bond acceptors (Lipinski definition) is 7. The number of aromatic hydroxyl groups is 1. The number of phenolic OH excluding ortho intramolecular Hbond substituents is 1. The number of benzene rings is 2. The van der Waals surface area contributed by atoms with E-state index >= 15 is 0 Å². The van der Waals surface area contributed by atoms with E-state index in [0.717, 1.165) is 11.6 Å². The number of carboxylic acids is 1. The third-order valence-corrected chi connectivity index (χ3v) is 4.11. The van der Waals surface area contributed by atoms with Gasteiger partial charge in [0, 0.05) is 26.2 Å². The maximum absolute atomic E-state index is 11.7. The molecule has 1 atom stereocenters. The summed E-state index contributed by atoms with van der Waals surface area (Å²) in [6.45, 7) is 1.14. The summed E-state index contributed by atoms with van der Waals surface area (Å²) >= 11 is 0. The van der Waals surface area contributed by atoms with Crippen LogP contribution in [0, 0.1) is 0 Å². The zero-order valence-electron chi connectivity index (χ0n) is 17.1. The van der Waals surface area contributed by atoms with Gasteiger partial charge in [-0.25, -0.2) is 4.79 Å². The number of phenols is 1. The van der Waals surface area contributed by atoms with Crippen LogP contribution in [-0.4, -0.2) is 66.7 Å². The fourth-order valence-electron chi connectivity index (χ4n) is 2.53. The molecule has 0 saturated carbocycles. The monoisotopic (exact) mass is 430 g/mol. The lowest BCUT2D eigenvalue weighted by Gasteiger charge is -2.14. The molecule has 0 aliphatic carbocycles. The normalized spacial score (nSPS) is 11.8. The van der Waals surface area contributed by atoms with E-state index in [9.17, 15) is 19.8 Å². The zero-order chi connectivity index (χ0) is 22.6. The molecule has 0 radical (unpaired) electrons. The van der Waals surface area contributed by atoms with Crippen LogP contribution in [0.1, 0.15) is 15.9 Å². The largest absolute Gasteiger partial charge is 0.507 e. The fourth-order valence-corrected chi connectivity index (χ4v) is 2.53. The van der Waals surface area contributed by atoms with Gasteiger partial charge in [-0.2, -0.15) is 0 Å². The molecule has 0 aliphatic rings. The van der Waals surface area contributed by atoms with Crippen LogP contribution in [0.4, 0.5) is 0 Å². The number of carboxylic acid groups (broad SMARTS) is 1. The molecular weight excluding hydrogens is 404 g/mol. The molecule has 0 heterocycles. The first-order valence-electron chi connectivity index (χ1n) is 9.59. The Hall–Kier alpha value is -3.56. The lowest BCUT2D eigenvalue weighted by Crippen LogP contribution is -2.33. The predicted octanol–water partition coefficient (Wildman–Crippen LogP) is 1.26. The standard InChI is InChI=1S/C22H26N2O7/c1-23-22(29)19-12-18(7-8-20(19)26)30-11-10-24-13-16(25)14-31-17-5-2-15(3-6-17)4-9-21(27)28/h2-9,12,16,24-26H,10-11,13-14H2,1H3,(H,23,29)(H,27,28)/b9-4+. The van der Waals surface area contributed by atoms with Crippen molar-refractivity contribution < 1.29 is 34.4 Å². The summed E-state index contributed by atoms with van der Waals surface area (Å²) in [4.78, 5) is 22.2. The van der Waals surface area contributed by atoms with Gasteiger partial charge >= 0.3 is 5.97 Å². The SMILES string of the molecule is CNC(=O)c1cc(OCCNCC(O)COc2ccc(/C=C/C(=O)O)cc2)ccc1O. The van der Waals surface area contributed by atoms with E-state index in [-0.39, 0.29) is 17.9 Å². The molecule has 0 aromatic heterocycles. The van der Waals surface area contributed by atoms with Crippen molar-refractivity contribution in [2.45, 2.75) is 6.10 Å². The number of ether oxygens (including phenoxy) is 2. The first-order valence-corrected chi connectivity index (χ1v) is 9.59. The van der Waals surface area contributed by atoms with E-state index in [4.69, 9.17) is 14.6 Å². The zero-order valence-corrected chi connectivity index (χ0v) is 17.1. The Morgan fingerprint density at radius 3 is 2.48 bits per heavy atom. The number of aliphatic hydroxyl groups is 1. The minimum Gasteiger partial charge on any atom is -0.507 e. The van der Waals surface area contributed by atoms with Gasteiger partial charge in [0.05, 0.1) is 5.56 Å². The van der Waals surface area contributed by atoms with E-state index in [2.05, 4.69) is 10.6 Å². The van der Waals surface area contributed by atoms with Gasteiger partial charge in [0.1, 0.15) is 36.6 Å². The van der Waals surface area contributed by atoms with Gasteiger partial charge in [-0.1, -0.05) is 12.1 Å². The second-order valence-corrected chi connectivity index (χ2v) is 6.52. The Balaban J connectivity index is 1.66. The molecule has 2 rings (SSSR count). The first-order chi connectivity index (χ1) is 14.9. The van der Waals surface area contributed by atoms with Crippen LogP contribution in [0.3, 0.4) is 0 Å². The highest BCUT2D eigenvalue weighted by atomic mass is 16.5. The minimum absolute atomic E-state index is 0.0889. The molecule has 1 amide bonds. The molecule has 2 aromatic carbocycles. The van der Waals surface area contributed by atoms with Crippen LogP contribution in [0.5, 0.6) is 17.2 Å². The van der Waals surface area contributed by atoms with Crippen LogP contribution in [0.25, 0.3) is 6.08 Å². The van der Waals surface area contributed by atoms with Gasteiger partial charge in [0.25, 0.3) is 5.91 Å². The highest BCUT2D eigenvalue weighted by molar-refractivity contribution is 5.97. The number of amides is 1. The fraction of sp³-hybridized carbons (Fsp3) is 0.273. The van der Waals surface area contributed by atoms with Crippen LogP contribution >= 0.6 is 0 Å². The lowest BCUT2D eigenvalue weighted by molar-refractivity contribution is -0.131. The molecule has 1 unspecified atom stereocenters. The van der Waals surface area contributed by atoms with Crippen molar-refractivity contribution in [1.82, 2.24) is 10.6 Å². The maximum atomic E-state index is 11.7. The number of nitrogens with one attached hydrogen (secondary N) is 2. The number of carbonyl (C=O) groups is 2. The number of aliphatic carboxylic acids is 1. The topological polar surface area (TPSA) is 137 Å². The van der Waals surface area contributed by atoms with Gasteiger partial charge in [0.15, 0.2) is 0 Å². The van der Waals surface area contributed by atoms with Crippen molar-refractivity contribution >= 4 is 18.0 Å². The number of carbonyl (C=O) groups excluding carboxylic acids is 1. The van der Waals surface area contributed by atoms with Crippen molar-refractivity contribution in [1.29, 1.82) is 0 Å². The number of hydrogen-bond donors (Lipinski definition) is 5. The van der Waals surface area contributed by atoms with Crippen LogP contribution in [0.15, 0.2) is 48.5 Å². The molecule has 0 saturated heterocycles. The highest BCUT2D eigenvalue weighted by Crippen LogP contribution is 2.22. The summed E-state index contributed by atoms with van der Waals surface area (Å²) in [6, 6.07) is 11.2. The third-order valence-electron chi connectivity index (χ3n) is 4.11. The van der Waals surface area contributed by atoms with Crippen molar-refractivity contribution in [3.63, 3.8) is 0 Å². The second-order valence-electron chi connectivity index (χ2n) is 6.52. The minimum atomic E-state index is -1.02. The molecule has 0 bridgehead atoms. The van der Waals surface area contributed by atoms with Crippen molar-refractivity contribution in [3.05, 3.63) is 59.7 Å². The van der Waals surface area contributed by atoms with Gasteiger partial charge < -0.3 is 35.4 Å². The lowest BCUT2D eigenvalue weighted by atomic mass is 10.2. The van der Waals surface area contributed by atoms with Crippen molar-refractivity contribution in [2.75, 3.05) is 33.4 Å². The Labute approximate surface area is 179 Å². The van der Waals surface area contributed by atoms with Crippen LogP contribution in [-0.2, 0) is 4.79 Å². The van der Waals surface area contributed by atoms with Gasteiger partial charge in [-0.05, 0) is 42.0 Å². The molecule has 5 N–H and O–H groups in total. The van der Waals surface area contributed by atoms with E-state index in [1.807, 2.05) is 0 Å². The van der Waals surface area contributed by atoms with Crippen LogP contribution < -0.4 is 20.1 Å². The Kier molecular flexibility index (Phi) is 9.34. The quantitative estimate of drug-likeness (QED) is 0.251. The van der Waals surface area contributed by atoms with Crippen molar-refractivity contribution in [3.8, 4) is 17.2 Å². The third kappa shape index (κ3) is 8.37. The molecule has 0 spiro atoms. The number of rotatable bonds is 12. The maximum Gasteiger partial charge on any atom is 0.328 e. The molecule has 31 heavy (non-hydrogen) atoms. The average Bonchev–Trinajstić information content (AvgIpc) is 2.77. The second kappa shape index (κ2) is 12.2. The Bertz CT molecular complexity index is 897. The van der Waals surface area contributed by atoms with Gasteiger partial charge in [-0.15, -0.1) is 0 Å². The molecule has 9 heteroatoms. The summed E-state index contributed by atoms with van der Waals surface area (Å²) in [5.41, 5.74) is 0.861. The van der Waals surface area contributed by atoms with Crippen molar-refractivity contribution in [2.24, 2.45) is 0 Å². The van der Waals surface area contributed by atoms with Gasteiger partial charge in [-0.3, -0.25) is 4.79 Å². The summed E-state index contributed by atoms with van der Waals surface area (Å²) in [6.07, 6.45) is 1.79. The molecule has 166 valence electrons. The first kappa shape index (κ1) is 23.7. The predicted molar refractivity (Wildman–Crippen MR) is 114 cm³/mol. The van der Waals surface area contributed by atoms with E-state index < -0.39 is 18.0 Å². The average molecular weight is 430 g/mol. The van der Waals surface area contributed by atoms with E-state index in [1.165, 1.54) is 25.3 Å². The highest BCUT2D eigenvalue weighted by Gasteiger charge is 2.11. The Morgan fingerprint density at radius 2 is 1.81 bits per heavy atom. The smallest absolute Gasteiger partial charge is 0.328 e. The molecule has 9 nitrogen and oxygen atoms in total. The summed E-state index contributed by atoms with van der Waals surface area (Å²) in [5, 5.41) is 33.8.